The highest BCUT2D eigenvalue weighted by Crippen LogP contribution is 2.38. The quantitative estimate of drug-likeness (QED) is 0.588. The summed E-state index contributed by atoms with van der Waals surface area (Å²) in [5, 5.41) is 2.74. The van der Waals surface area contributed by atoms with Crippen LogP contribution in [0.1, 0.15) is 18.2 Å². The SMILES string of the molecule is C[C@@]1(c2ccc3c(c2)OCO3)NC(=O)N(Cc2cc(=O)n3cc(Br)ccc3n2)C1=O. The van der Waals surface area contributed by atoms with E-state index < -0.39 is 17.5 Å². The topological polar surface area (TPSA) is 102 Å². The van der Waals surface area contributed by atoms with Crippen molar-refractivity contribution in [1.29, 1.82) is 0 Å². The maximum Gasteiger partial charge on any atom is 0.325 e. The molecule has 1 N–H and O–H groups in total. The van der Waals surface area contributed by atoms with Gasteiger partial charge in [-0.05, 0) is 52.7 Å². The van der Waals surface area contributed by atoms with E-state index in [1.165, 1.54) is 10.5 Å². The van der Waals surface area contributed by atoms with E-state index in [9.17, 15) is 14.4 Å². The Labute approximate surface area is 178 Å². The number of halogens is 1. The van der Waals surface area contributed by atoms with Crippen LogP contribution >= 0.6 is 15.9 Å². The van der Waals surface area contributed by atoms with Crippen molar-refractivity contribution in [2.45, 2.75) is 19.0 Å². The number of nitrogens with one attached hydrogen (secondary N) is 1. The molecule has 3 aromatic rings. The van der Waals surface area contributed by atoms with Gasteiger partial charge in [-0.15, -0.1) is 0 Å². The van der Waals surface area contributed by atoms with Crippen molar-refractivity contribution in [3.63, 3.8) is 0 Å². The number of imide groups is 1. The minimum atomic E-state index is -1.27. The van der Waals surface area contributed by atoms with Crippen molar-refractivity contribution in [2.75, 3.05) is 6.79 Å². The first-order valence-electron chi connectivity index (χ1n) is 9.07. The summed E-state index contributed by atoms with van der Waals surface area (Å²) in [7, 11) is 0. The van der Waals surface area contributed by atoms with Gasteiger partial charge >= 0.3 is 6.03 Å². The first-order valence-corrected chi connectivity index (χ1v) is 9.86. The highest BCUT2D eigenvalue weighted by atomic mass is 79.9. The number of urea groups is 1. The summed E-state index contributed by atoms with van der Waals surface area (Å²) in [5.74, 6) is 0.664. The van der Waals surface area contributed by atoms with Gasteiger partial charge in [0, 0.05) is 16.7 Å². The summed E-state index contributed by atoms with van der Waals surface area (Å²) in [6.45, 7) is 1.62. The Morgan fingerprint density at radius 2 is 1.93 bits per heavy atom. The van der Waals surface area contributed by atoms with Gasteiger partial charge < -0.3 is 14.8 Å². The number of benzene rings is 1. The predicted molar refractivity (Wildman–Crippen MR) is 108 cm³/mol. The number of amides is 3. The third-order valence-corrected chi connectivity index (χ3v) is 5.69. The Balaban J connectivity index is 1.47. The first kappa shape index (κ1) is 18.6. The average Bonchev–Trinajstić information content (AvgIpc) is 3.27. The zero-order chi connectivity index (χ0) is 21.0. The summed E-state index contributed by atoms with van der Waals surface area (Å²) in [6.07, 6.45) is 1.61. The van der Waals surface area contributed by atoms with Gasteiger partial charge in [0.1, 0.15) is 11.2 Å². The van der Waals surface area contributed by atoms with E-state index in [-0.39, 0.29) is 18.9 Å². The van der Waals surface area contributed by atoms with Crippen LogP contribution in [0.2, 0.25) is 0 Å². The van der Waals surface area contributed by atoms with Gasteiger partial charge in [0.15, 0.2) is 11.5 Å². The molecule has 1 aromatic carbocycles. The van der Waals surface area contributed by atoms with Gasteiger partial charge in [0.2, 0.25) is 6.79 Å². The van der Waals surface area contributed by atoms with Crippen LogP contribution in [0.25, 0.3) is 5.65 Å². The molecule has 10 heteroatoms. The van der Waals surface area contributed by atoms with Crippen molar-refractivity contribution in [2.24, 2.45) is 0 Å². The van der Waals surface area contributed by atoms with Gasteiger partial charge in [-0.2, -0.15) is 0 Å². The first-order chi connectivity index (χ1) is 14.3. The molecule has 2 aliphatic heterocycles. The van der Waals surface area contributed by atoms with Gasteiger partial charge in [-0.3, -0.25) is 18.9 Å². The Morgan fingerprint density at radius 3 is 2.77 bits per heavy atom. The lowest BCUT2D eigenvalue weighted by molar-refractivity contribution is -0.131. The lowest BCUT2D eigenvalue weighted by Gasteiger charge is -2.22. The molecule has 30 heavy (non-hydrogen) atoms. The summed E-state index contributed by atoms with van der Waals surface area (Å²) in [5.41, 5.74) is -0.257. The molecule has 152 valence electrons. The van der Waals surface area contributed by atoms with E-state index in [4.69, 9.17) is 9.47 Å². The van der Waals surface area contributed by atoms with E-state index in [0.29, 0.717) is 28.4 Å². The highest BCUT2D eigenvalue weighted by molar-refractivity contribution is 9.10. The fraction of sp³-hybridized carbons (Fsp3) is 0.200. The van der Waals surface area contributed by atoms with Crippen LogP contribution in [0.5, 0.6) is 11.5 Å². The number of aromatic nitrogens is 2. The van der Waals surface area contributed by atoms with Crippen LogP contribution in [0.15, 0.2) is 51.9 Å². The Hall–Kier alpha value is -3.40. The lowest BCUT2D eigenvalue weighted by atomic mass is 9.91. The van der Waals surface area contributed by atoms with Crippen molar-refractivity contribution >= 4 is 33.5 Å². The largest absolute Gasteiger partial charge is 0.454 e. The second-order valence-electron chi connectivity index (χ2n) is 7.18. The minimum absolute atomic E-state index is 0.113. The molecule has 9 nitrogen and oxygen atoms in total. The van der Waals surface area contributed by atoms with Gasteiger partial charge in [-0.25, -0.2) is 9.78 Å². The number of hydrogen-bond acceptors (Lipinski definition) is 6. The van der Waals surface area contributed by atoms with E-state index >= 15 is 0 Å². The van der Waals surface area contributed by atoms with Crippen LogP contribution in [-0.4, -0.2) is 33.0 Å². The third kappa shape index (κ3) is 2.83. The summed E-state index contributed by atoms with van der Waals surface area (Å²) < 4.78 is 12.8. The average molecular weight is 471 g/mol. The van der Waals surface area contributed by atoms with E-state index in [2.05, 4.69) is 26.2 Å². The monoisotopic (exact) mass is 470 g/mol. The maximum atomic E-state index is 13.2. The molecule has 0 bridgehead atoms. The maximum absolute atomic E-state index is 13.2. The number of pyridine rings is 1. The number of fused-ring (bicyclic) bond motifs is 2. The molecule has 0 unspecified atom stereocenters. The zero-order valence-electron chi connectivity index (χ0n) is 15.7. The Morgan fingerprint density at radius 1 is 1.13 bits per heavy atom. The molecule has 1 saturated heterocycles. The summed E-state index contributed by atoms with van der Waals surface area (Å²) in [6, 6.07) is 9.30. The standard InChI is InChI=1S/C20H15BrN4O5/c1-20(11-2-4-14-15(6-11)30-10-29-14)18(27)25(19(28)23-20)9-13-7-17(26)24-8-12(21)3-5-16(24)22-13/h2-8H,9-10H2,1H3,(H,23,28)/t20-/m0/s1. The minimum Gasteiger partial charge on any atom is -0.454 e. The number of hydrogen-bond donors (Lipinski definition) is 1. The smallest absolute Gasteiger partial charge is 0.325 e. The Bertz CT molecular complexity index is 1290. The predicted octanol–water partition coefficient (Wildman–Crippen LogP) is 2.15. The van der Waals surface area contributed by atoms with Crippen LogP contribution in [0, 0.1) is 0 Å². The zero-order valence-corrected chi connectivity index (χ0v) is 17.3. The molecule has 0 saturated carbocycles. The molecule has 1 fully saturated rings. The van der Waals surface area contributed by atoms with Crippen LogP contribution in [-0.2, 0) is 16.9 Å². The van der Waals surface area contributed by atoms with Crippen molar-refractivity contribution in [3.05, 3.63) is 68.7 Å². The normalized spacial score (nSPS) is 20.1. The third-order valence-electron chi connectivity index (χ3n) is 5.22. The number of carbonyl (C=O) groups is 2. The van der Waals surface area contributed by atoms with Gasteiger partial charge in [0.25, 0.3) is 11.5 Å². The van der Waals surface area contributed by atoms with Crippen LogP contribution in [0.3, 0.4) is 0 Å². The second-order valence-corrected chi connectivity index (χ2v) is 8.09. The van der Waals surface area contributed by atoms with Gasteiger partial charge in [-0.1, -0.05) is 6.07 Å². The van der Waals surface area contributed by atoms with Gasteiger partial charge in [0.05, 0.1) is 12.2 Å². The molecule has 0 aliphatic carbocycles. The van der Waals surface area contributed by atoms with Crippen molar-refractivity contribution in [1.82, 2.24) is 19.6 Å². The number of ether oxygens (including phenoxy) is 2. The van der Waals surface area contributed by atoms with Crippen molar-refractivity contribution < 1.29 is 19.1 Å². The number of carbonyl (C=O) groups excluding carboxylic acids is 2. The number of nitrogens with zero attached hydrogens (tertiary/aromatic N) is 3. The molecule has 2 aromatic heterocycles. The van der Waals surface area contributed by atoms with Crippen molar-refractivity contribution in [3.8, 4) is 11.5 Å². The second kappa shape index (κ2) is 6.56. The van der Waals surface area contributed by atoms with Crippen LogP contribution < -0.4 is 20.3 Å². The molecule has 4 heterocycles. The molecule has 5 rings (SSSR count). The molecule has 0 radical (unpaired) electrons. The lowest BCUT2D eigenvalue weighted by Crippen LogP contribution is -2.40. The van der Waals surface area contributed by atoms with E-state index in [0.717, 1.165) is 9.37 Å². The molecular weight excluding hydrogens is 456 g/mol. The van der Waals surface area contributed by atoms with E-state index in [1.807, 2.05) is 0 Å². The Kier molecular flexibility index (Phi) is 4.07. The summed E-state index contributed by atoms with van der Waals surface area (Å²) >= 11 is 3.31. The molecule has 3 amide bonds. The fourth-order valence-electron chi connectivity index (χ4n) is 3.61. The highest BCUT2D eigenvalue weighted by Gasteiger charge is 2.49. The number of rotatable bonds is 3. The fourth-order valence-corrected chi connectivity index (χ4v) is 3.95. The van der Waals surface area contributed by atoms with Crippen LogP contribution in [0.4, 0.5) is 4.79 Å². The van der Waals surface area contributed by atoms with E-state index in [1.54, 1.807) is 43.5 Å². The molecule has 1 atom stereocenters. The summed E-state index contributed by atoms with van der Waals surface area (Å²) in [4.78, 5) is 43.7. The molecular formula is C20H15BrN4O5. The molecule has 2 aliphatic rings. The molecule has 0 spiro atoms.